The van der Waals surface area contributed by atoms with E-state index in [2.05, 4.69) is 31.2 Å². The Morgan fingerprint density at radius 3 is 2.63 bits per heavy atom. The quantitative estimate of drug-likeness (QED) is 0.492. The molecule has 0 unspecified atom stereocenters. The van der Waals surface area contributed by atoms with Gasteiger partial charge in [-0.15, -0.1) is 0 Å². The molecule has 0 N–H and O–H groups in total. The first-order chi connectivity index (χ1) is 9.35. The van der Waals surface area contributed by atoms with Crippen molar-refractivity contribution < 1.29 is 4.79 Å². The smallest absolute Gasteiger partial charge is 0.150 e. The molecular formula is C18H22O. The van der Waals surface area contributed by atoms with Gasteiger partial charge in [-0.3, -0.25) is 4.79 Å². The van der Waals surface area contributed by atoms with E-state index < -0.39 is 0 Å². The van der Waals surface area contributed by atoms with Crippen molar-refractivity contribution in [3.05, 3.63) is 47.5 Å². The van der Waals surface area contributed by atoms with Crippen LogP contribution in [0.2, 0.25) is 0 Å². The minimum Gasteiger partial charge on any atom is -0.298 e. The lowest BCUT2D eigenvalue weighted by atomic mass is 9.98. The van der Waals surface area contributed by atoms with Crippen LogP contribution in [-0.4, -0.2) is 6.29 Å². The predicted octanol–water partition coefficient (Wildman–Crippen LogP) is 5.17. The number of carbonyl (C=O) groups is 1. The third-order valence-corrected chi connectivity index (χ3v) is 3.68. The van der Waals surface area contributed by atoms with Crippen LogP contribution >= 0.6 is 0 Å². The summed E-state index contributed by atoms with van der Waals surface area (Å²) in [4.78, 5) is 10.8. The van der Waals surface area contributed by atoms with Crippen LogP contribution in [0.3, 0.4) is 0 Å². The Kier molecular flexibility index (Phi) is 5.14. The minimum atomic E-state index is 0.757. The lowest BCUT2D eigenvalue weighted by Gasteiger charge is -2.07. The summed E-state index contributed by atoms with van der Waals surface area (Å²) in [5, 5.41) is 2.47. The van der Waals surface area contributed by atoms with Crippen LogP contribution in [0.4, 0.5) is 0 Å². The van der Waals surface area contributed by atoms with Crippen molar-refractivity contribution in [3.8, 4) is 0 Å². The molecule has 0 saturated heterocycles. The van der Waals surface area contributed by atoms with Crippen molar-refractivity contribution in [2.24, 2.45) is 0 Å². The van der Waals surface area contributed by atoms with Gasteiger partial charge in [0.25, 0.3) is 0 Å². The Labute approximate surface area is 115 Å². The Hall–Kier alpha value is -1.63. The minimum absolute atomic E-state index is 0.757. The molecule has 0 amide bonds. The standard InChI is InChI=1S/C18H22O/c1-2-3-4-5-6-8-16-9-7-10-17-13-15(14-19)11-12-18(16)17/h7,9-14H,2-6,8H2,1H3. The van der Waals surface area contributed by atoms with Crippen LogP contribution in [0, 0.1) is 0 Å². The molecule has 0 aliphatic rings. The molecule has 0 saturated carbocycles. The molecule has 0 fully saturated rings. The summed E-state index contributed by atoms with van der Waals surface area (Å²) in [6, 6.07) is 12.4. The van der Waals surface area contributed by atoms with Gasteiger partial charge in [0, 0.05) is 5.56 Å². The van der Waals surface area contributed by atoms with Crippen molar-refractivity contribution >= 4 is 17.1 Å². The van der Waals surface area contributed by atoms with Gasteiger partial charge >= 0.3 is 0 Å². The van der Waals surface area contributed by atoms with E-state index in [1.165, 1.54) is 48.4 Å². The first-order valence-corrected chi connectivity index (χ1v) is 7.32. The van der Waals surface area contributed by atoms with Crippen LogP contribution in [-0.2, 0) is 6.42 Å². The molecule has 19 heavy (non-hydrogen) atoms. The highest BCUT2D eigenvalue weighted by Crippen LogP contribution is 2.22. The molecular weight excluding hydrogens is 232 g/mol. The van der Waals surface area contributed by atoms with Gasteiger partial charge in [-0.1, -0.05) is 62.9 Å². The first kappa shape index (κ1) is 13.8. The van der Waals surface area contributed by atoms with Crippen molar-refractivity contribution in [2.45, 2.75) is 45.4 Å². The van der Waals surface area contributed by atoms with Gasteiger partial charge in [0.1, 0.15) is 6.29 Å². The molecule has 0 radical (unpaired) electrons. The highest BCUT2D eigenvalue weighted by atomic mass is 16.1. The van der Waals surface area contributed by atoms with Crippen LogP contribution < -0.4 is 0 Å². The maximum absolute atomic E-state index is 10.8. The van der Waals surface area contributed by atoms with E-state index >= 15 is 0 Å². The highest BCUT2D eigenvalue weighted by Gasteiger charge is 2.02. The lowest BCUT2D eigenvalue weighted by molar-refractivity contribution is 0.112. The number of unbranched alkanes of at least 4 members (excludes halogenated alkanes) is 4. The SMILES string of the molecule is CCCCCCCc1cccc2cc(C=O)ccc12. The molecule has 0 atom stereocenters. The molecule has 0 heterocycles. The number of hydrogen-bond donors (Lipinski definition) is 0. The molecule has 0 spiro atoms. The molecule has 0 aliphatic carbocycles. The molecule has 2 aromatic carbocycles. The Morgan fingerprint density at radius 2 is 1.84 bits per heavy atom. The zero-order valence-corrected chi connectivity index (χ0v) is 11.7. The zero-order valence-electron chi connectivity index (χ0n) is 11.7. The fourth-order valence-electron chi connectivity index (χ4n) is 2.58. The van der Waals surface area contributed by atoms with Gasteiger partial charge < -0.3 is 0 Å². The van der Waals surface area contributed by atoms with Crippen molar-refractivity contribution in [3.63, 3.8) is 0 Å². The van der Waals surface area contributed by atoms with E-state index in [-0.39, 0.29) is 0 Å². The summed E-state index contributed by atoms with van der Waals surface area (Å²) in [6.45, 7) is 2.25. The summed E-state index contributed by atoms with van der Waals surface area (Å²) in [7, 11) is 0. The highest BCUT2D eigenvalue weighted by molar-refractivity contribution is 5.90. The van der Waals surface area contributed by atoms with Gasteiger partial charge in [-0.25, -0.2) is 0 Å². The second-order valence-electron chi connectivity index (χ2n) is 5.18. The van der Waals surface area contributed by atoms with Crippen molar-refractivity contribution in [1.82, 2.24) is 0 Å². The molecule has 2 aromatic rings. The Bertz CT molecular complexity index is 542. The first-order valence-electron chi connectivity index (χ1n) is 7.32. The van der Waals surface area contributed by atoms with E-state index in [4.69, 9.17) is 0 Å². The Morgan fingerprint density at radius 1 is 1.00 bits per heavy atom. The number of aryl methyl sites for hydroxylation is 1. The van der Waals surface area contributed by atoms with Gasteiger partial charge in [0.15, 0.2) is 0 Å². The summed E-state index contributed by atoms with van der Waals surface area (Å²) in [5.74, 6) is 0. The molecule has 0 bridgehead atoms. The van der Waals surface area contributed by atoms with E-state index in [1.54, 1.807) is 0 Å². The third-order valence-electron chi connectivity index (χ3n) is 3.68. The lowest BCUT2D eigenvalue weighted by Crippen LogP contribution is -1.89. The summed E-state index contributed by atoms with van der Waals surface area (Å²) in [5.41, 5.74) is 2.17. The monoisotopic (exact) mass is 254 g/mol. The average Bonchev–Trinajstić information content (AvgIpc) is 2.46. The van der Waals surface area contributed by atoms with E-state index in [0.29, 0.717) is 0 Å². The third kappa shape index (κ3) is 3.66. The zero-order chi connectivity index (χ0) is 13.5. The number of hydrogen-bond acceptors (Lipinski definition) is 1. The van der Waals surface area contributed by atoms with Crippen LogP contribution in [0.5, 0.6) is 0 Å². The average molecular weight is 254 g/mol. The Balaban J connectivity index is 2.08. The number of rotatable bonds is 7. The number of fused-ring (bicyclic) bond motifs is 1. The molecule has 0 aromatic heterocycles. The largest absolute Gasteiger partial charge is 0.298 e. The van der Waals surface area contributed by atoms with Crippen LogP contribution in [0.25, 0.3) is 10.8 Å². The second-order valence-corrected chi connectivity index (χ2v) is 5.18. The van der Waals surface area contributed by atoms with Gasteiger partial charge in [0.2, 0.25) is 0 Å². The fraction of sp³-hybridized carbons (Fsp3) is 0.389. The summed E-state index contributed by atoms with van der Waals surface area (Å²) in [6.07, 6.45) is 8.61. The number of carbonyl (C=O) groups excluding carboxylic acids is 1. The van der Waals surface area contributed by atoms with Gasteiger partial charge in [-0.2, -0.15) is 0 Å². The maximum atomic E-state index is 10.8. The van der Waals surface area contributed by atoms with Gasteiger partial charge in [0.05, 0.1) is 0 Å². The van der Waals surface area contributed by atoms with Crippen LogP contribution in [0.15, 0.2) is 36.4 Å². The fourth-order valence-corrected chi connectivity index (χ4v) is 2.58. The topological polar surface area (TPSA) is 17.1 Å². The van der Waals surface area contributed by atoms with Crippen molar-refractivity contribution in [2.75, 3.05) is 0 Å². The van der Waals surface area contributed by atoms with Gasteiger partial charge in [-0.05, 0) is 35.2 Å². The van der Waals surface area contributed by atoms with Crippen molar-refractivity contribution in [1.29, 1.82) is 0 Å². The summed E-state index contributed by atoms with van der Waals surface area (Å²) >= 11 is 0. The van der Waals surface area contributed by atoms with E-state index in [9.17, 15) is 4.79 Å². The molecule has 2 rings (SSSR count). The maximum Gasteiger partial charge on any atom is 0.150 e. The van der Waals surface area contributed by atoms with E-state index in [1.807, 2.05) is 12.1 Å². The second kappa shape index (κ2) is 7.08. The molecule has 1 nitrogen and oxygen atoms in total. The normalized spacial score (nSPS) is 10.8. The molecule has 100 valence electrons. The number of aldehydes is 1. The van der Waals surface area contributed by atoms with Crippen LogP contribution in [0.1, 0.15) is 54.9 Å². The number of benzene rings is 2. The predicted molar refractivity (Wildman–Crippen MR) is 81.8 cm³/mol. The molecule has 1 heteroatoms. The van der Waals surface area contributed by atoms with E-state index in [0.717, 1.165) is 18.3 Å². The summed E-state index contributed by atoms with van der Waals surface area (Å²) < 4.78 is 0. The molecule has 0 aliphatic heterocycles.